The van der Waals surface area contributed by atoms with E-state index in [-0.39, 0.29) is 12.1 Å². The van der Waals surface area contributed by atoms with E-state index < -0.39 is 0 Å². The summed E-state index contributed by atoms with van der Waals surface area (Å²) in [6.45, 7) is 1.93. The molecule has 2 amide bonds. The number of halogens is 1. The first kappa shape index (κ1) is 15.5. The van der Waals surface area contributed by atoms with Crippen LogP contribution in [-0.2, 0) is 7.05 Å². The van der Waals surface area contributed by atoms with Crippen molar-refractivity contribution in [3.05, 3.63) is 52.8 Å². The number of carbonyl (C=O) groups is 1. The third-order valence-electron chi connectivity index (χ3n) is 3.58. The van der Waals surface area contributed by atoms with Crippen molar-refractivity contribution in [3.63, 3.8) is 0 Å². The molecule has 0 saturated heterocycles. The van der Waals surface area contributed by atoms with Crippen molar-refractivity contribution in [1.29, 1.82) is 0 Å². The van der Waals surface area contributed by atoms with Crippen LogP contribution in [0.2, 0.25) is 0 Å². The minimum absolute atomic E-state index is 0.0919. The van der Waals surface area contributed by atoms with Crippen LogP contribution in [0, 0.1) is 0 Å². The SMILES string of the molecule is CC(NC(=O)Nc1cc2c(cn1)c(Br)nn2C)c1ccccc1. The Balaban J connectivity index is 1.71. The molecule has 23 heavy (non-hydrogen) atoms. The lowest BCUT2D eigenvalue weighted by Crippen LogP contribution is -2.31. The largest absolute Gasteiger partial charge is 0.331 e. The molecule has 2 heterocycles. The molecule has 0 aliphatic carbocycles. The highest BCUT2D eigenvalue weighted by Gasteiger charge is 2.12. The quantitative estimate of drug-likeness (QED) is 0.736. The molecule has 0 aliphatic rings. The van der Waals surface area contributed by atoms with Gasteiger partial charge in [0.05, 0.1) is 16.9 Å². The summed E-state index contributed by atoms with van der Waals surface area (Å²) in [5.41, 5.74) is 1.93. The highest BCUT2D eigenvalue weighted by molar-refractivity contribution is 9.10. The van der Waals surface area contributed by atoms with Gasteiger partial charge in [-0.25, -0.2) is 9.78 Å². The average Bonchev–Trinajstić information content (AvgIpc) is 2.82. The van der Waals surface area contributed by atoms with Crippen molar-refractivity contribution < 1.29 is 4.79 Å². The van der Waals surface area contributed by atoms with Crippen LogP contribution in [0.5, 0.6) is 0 Å². The van der Waals surface area contributed by atoms with Crippen LogP contribution in [0.25, 0.3) is 10.9 Å². The van der Waals surface area contributed by atoms with Crippen molar-refractivity contribution in [2.45, 2.75) is 13.0 Å². The molecule has 0 aliphatic heterocycles. The summed E-state index contributed by atoms with van der Waals surface area (Å²) < 4.78 is 2.47. The first-order chi connectivity index (χ1) is 11.0. The van der Waals surface area contributed by atoms with E-state index in [9.17, 15) is 4.79 Å². The van der Waals surface area contributed by atoms with Gasteiger partial charge < -0.3 is 5.32 Å². The fourth-order valence-corrected chi connectivity index (χ4v) is 2.90. The molecule has 3 aromatic rings. The van der Waals surface area contributed by atoms with Crippen LogP contribution in [0.1, 0.15) is 18.5 Å². The summed E-state index contributed by atoms with van der Waals surface area (Å²) >= 11 is 3.38. The number of nitrogens with one attached hydrogen (secondary N) is 2. The van der Waals surface area contributed by atoms with Crippen LogP contribution in [0.4, 0.5) is 10.6 Å². The number of amides is 2. The Hall–Kier alpha value is -2.41. The molecule has 3 rings (SSSR count). The van der Waals surface area contributed by atoms with Gasteiger partial charge in [-0.3, -0.25) is 10.00 Å². The fraction of sp³-hybridized carbons (Fsp3) is 0.188. The van der Waals surface area contributed by atoms with Gasteiger partial charge in [0.2, 0.25) is 0 Å². The van der Waals surface area contributed by atoms with Crippen LogP contribution in [-0.4, -0.2) is 20.8 Å². The summed E-state index contributed by atoms with van der Waals surface area (Å²) in [6.07, 6.45) is 1.68. The van der Waals surface area contributed by atoms with Crippen LogP contribution < -0.4 is 10.6 Å². The highest BCUT2D eigenvalue weighted by Crippen LogP contribution is 2.23. The standard InChI is InChI=1S/C16H16BrN5O/c1-10(11-6-4-3-5-7-11)19-16(23)20-14-8-13-12(9-18-14)15(17)21-22(13)2/h3-10H,1-2H3,(H2,18,19,20,23). The molecule has 6 nitrogen and oxygen atoms in total. The van der Waals surface area contributed by atoms with Crippen LogP contribution >= 0.6 is 15.9 Å². The van der Waals surface area contributed by atoms with Gasteiger partial charge in [-0.05, 0) is 28.4 Å². The Labute approximate surface area is 142 Å². The van der Waals surface area contributed by atoms with Crippen molar-refractivity contribution in [1.82, 2.24) is 20.1 Å². The smallest absolute Gasteiger partial charge is 0.320 e. The Morgan fingerprint density at radius 2 is 2.04 bits per heavy atom. The van der Waals surface area contributed by atoms with E-state index in [0.29, 0.717) is 5.82 Å². The molecule has 2 aromatic heterocycles. The maximum Gasteiger partial charge on any atom is 0.320 e. The lowest BCUT2D eigenvalue weighted by atomic mass is 10.1. The molecule has 1 unspecified atom stereocenters. The number of hydrogen-bond donors (Lipinski definition) is 2. The summed E-state index contributed by atoms with van der Waals surface area (Å²) in [6, 6.07) is 11.2. The number of nitrogens with zero attached hydrogens (tertiary/aromatic N) is 3. The fourth-order valence-electron chi connectivity index (χ4n) is 2.35. The summed E-state index contributed by atoms with van der Waals surface area (Å²) in [5, 5.41) is 10.8. The summed E-state index contributed by atoms with van der Waals surface area (Å²) in [7, 11) is 1.84. The first-order valence-electron chi connectivity index (χ1n) is 7.15. The molecule has 0 saturated carbocycles. The minimum Gasteiger partial charge on any atom is -0.331 e. The summed E-state index contributed by atoms with van der Waals surface area (Å²) in [4.78, 5) is 16.4. The Morgan fingerprint density at radius 3 is 2.78 bits per heavy atom. The maximum atomic E-state index is 12.1. The zero-order valence-electron chi connectivity index (χ0n) is 12.7. The lowest BCUT2D eigenvalue weighted by Gasteiger charge is -2.14. The van der Waals surface area contributed by atoms with Gasteiger partial charge in [0, 0.05) is 19.3 Å². The summed E-state index contributed by atoms with van der Waals surface area (Å²) in [5.74, 6) is 0.478. The Bertz CT molecular complexity index is 846. The van der Waals surface area contributed by atoms with Crippen molar-refractivity contribution in [2.24, 2.45) is 7.05 Å². The third-order valence-corrected chi connectivity index (χ3v) is 4.17. The van der Waals surface area contributed by atoms with E-state index in [1.54, 1.807) is 16.9 Å². The number of rotatable bonds is 3. The third kappa shape index (κ3) is 3.34. The number of urea groups is 1. The number of aromatic nitrogens is 3. The van der Waals surface area contributed by atoms with E-state index >= 15 is 0 Å². The molecular weight excluding hydrogens is 358 g/mol. The number of anilines is 1. The van der Waals surface area contributed by atoms with Crippen molar-refractivity contribution >= 4 is 38.7 Å². The molecular formula is C16H16BrN5O. The minimum atomic E-state index is -0.297. The Morgan fingerprint density at radius 1 is 1.30 bits per heavy atom. The predicted molar refractivity (Wildman–Crippen MR) is 93.2 cm³/mol. The number of carbonyl (C=O) groups excluding carboxylic acids is 1. The van der Waals surface area contributed by atoms with E-state index in [4.69, 9.17) is 0 Å². The van der Waals surface area contributed by atoms with Gasteiger partial charge >= 0.3 is 6.03 Å². The number of aryl methyl sites for hydroxylation is 1. The van der Waals surface area contributed by atoms with Crippen molar-refractivity contribution in [2.75, 3.05) is 5.32 Å². The number of hydrogen-bond acceptors (Lipinski definition) is 3. The normalized spacial score (nSPS) is 12.1. The topological polar surface area (TPSA) is 71.8 Å². The zero-order valence-corrected chi connectivity index (χ0v) is 14.3. The number of pyridine rings is 1. The molecule has 2 N–H and O–H groups in total. The second-order valence-electron chi connectivity index (χ2n) is 5.23. The monoisotopic (exact) mass is 373 g/mol. The lowest BCUT2D eigenvalue weighted by molar-refractivity contribution is 0.249. The van der Waals surface area contributed by atoms with E-state index in [0.717, 1.165) is 21.1 Å². The number of benzene rings is 1. The zero-order chi connectivity index (χ0) is 16.4. The van der Waals surface area contributed by atoms with Gasteiger partial charge in [0.25, 0.3) is 0 Å². The maximum absolute atomic E-state index is 12.1. The van der Waals surface area contributed by atoms with Gasteiger partial charge in [0.1, 0.15) is 10.4 Å². The molecule has 0 bridgehead atoms. The van der Waals surface area contributed by atoms with Crippen LogP contribution in [0.15, 0.2) is 47.2 Å². The van der Waals surface area contributed by atoms with Gasteiger partial charge in [-0.15, -0.1) is 0 Å². The second-order valence-corrected chi connectivity index (χ2v) is 5.98. The van der Waals surface area contributed by atoms with E-state index in [2.05, 4.69) is 36.6 Å². The van der Waals surface area contributed by atoms with Gasteiger partial charge in [-0.2, -0.15) is 5.10 Å². The van der Waals surface area contributed by atoms with Crippen LogP contribution in [0.3, 0.4) is 0 Å². The van der Waals surface area contributed by atoms with E-state index in [1.165, 1.54) is 0 Å². The molecule has 1 atom stereocenters. The molecule has 7 heteroatoms. The second kappa shape index (κ2) is 6.37. The number of fused-ring (bicyclic) bond motifs is 1. The molecule has 0 spiro atoms. The van der Waals surface area contributed by atoms with Crippen molar-refractivity contribution in [3.8, 4) is 0 Å². The van der Waals surface area contributed by atoms with E-state index in [1.807, 2.05) is 44.3 Å². The molecule has 118 valence electrons. The van der Waals surface area contributed by atoms with Gasteiger partial charge in [0.15, 0.2) is 0 Å². The molecule has 0 fully saturated rings. The molecule has 0 radical (unpaired) electrons. The first-order valence-corrected chi connectivity index (χ1v) is 7.94. The average molecular weight is 374 g/mol. The molecule has 1 aromatic carbocycles. The van der Waals surface area contributed by atoms with Gasteiger partial charge in [-0.1, -0.05) is 30.3 Å². The highest BCUT2D eigenvalue weighted by atomic mass is 79.9. The Kier molecular flexibility index (Phi) is 4.29. The predicted octanol–water partition coefficient (Wildman–Crippen LogP) is 3.61.